The lowest BCUT2D eigenvalue weighted by Crippen LogP contribution is -2.15. The summed E-state index contributed by atoms with van der Waals surface area (Å²) < 4.78 is 124. The average Bonchev–Trinajstić information content (AvgIpc) is 3.43. The summed E-state index contributed by atoms with van der Waals surface area (Å²) in [5.41, 5.74) is 5.05. The van der Waals surface area contributed by atoms with Gasteiger partial charge in [-0.2, -0.15) is 0 Å². The van der Waals surface area contributed by atoms with Gasteiger partial charge >= 0.3 is 0 Å². The minimum absolute atomic E-state index is 0.0306. The first-order valence-corrected chi connectivity index (χ1v) is 23.5. The monoisotopic (exact) mass is 984 g/mol. The first-order valence-electron chi connectivity index (χ1n) is 23.5. The molecular formula is C64H36F8N2. The standard InChI is InChI=1S/C64H36F8N2/c65-47-17-1-37(2-18-47)43-11-27-53(69)59(33-43)73(60-34-44(12-28-54(60)70)38-3-19-48(66)20-4-38)57-31-15-41-10-26-52-58(32-16-42-9-25-51(57)63(41)64(42)52)74(61-35-45(13-29-55(61)71)39-5-21-49(67)22-6-39)62-36-46(14-30-56(62)72)40-7-23-50(68)24-8-40/h1-36H. The van der Waals surface area contributed by atoms with Crippen LogP contribution in [0.4, 0.5) is 69.2 Å². The lowest BCUT2D eigenvalue weighted by atomic mass is 9.91. The van der Waals surface area contributed by atoms with E-state index < -0.39 is 46.5 Å². The second-order valence-electron chi connectivity index (χ2n) is 18.0. The van der Waals surface area contributed by atoms with E-state index in [-0.39, 0.29) is 22.7 Å². The van der Waals surface area contributed by atoms with Crippen LogP contribution in [0.2, 0.25) is 0 Å². The van der Waals surface area contributed by atoms with Crippen molar-refractivity contribution in [2.24, 2.45) is 0 Å². The zero-order valence-electron chi connectivity index (χ0n) is 38.7. The molecule has 0 fully saturated rings. The minimum Gasteiger partial charge on any atom is -0.304 e. The van der Waals surface area contributed by atoms with Crippen molar-refractivity contribution in [2.75, 3.05) is 9.80 Å². The normalized spacial score (nSPS) is 11.5. The maximum absolute atomic E-state index is 16.8. The van der Waals surface area contributed by atoms with E-state index >= 15 is 17.6 Å². The van der Waals surface area contributed by atoms with Gasteiger partial charge in [-0.25, -0.2) is 35.1 Å². The topological polar surface area (TPSA) is 6.48 Å². The molecule has 0 aliphatic rings. The number of nitrogens with zero attached hydrogens (tertiary/aromatic N) is 2. The molecule has 0 amide bonds. The molecular weight excluding hydrogens is 949 g/mol. The number of halogens is 8. The van der Waals surface area contributed by atoms with Crippen LogP contribution in [0.3, 0.4) is 0 Å². The van der Waals surface area contributed by atoms with E-state index in [2.05, 4.69) is 0 Å². The van der Waals surface area contributed by atoms with Crippen molar-refractivity contribution in [1.29, 1.82) is 0 Å². The largest absolute Gasteiger partial charge is 0.304 e. The highest BCUT2D eigenvalue weighted by molar-refractivity contribution is 6.28. The first kappa shape index (κ1) is 45.8. The fourth-order valence-electron chi connectivity index (χ4n) is 9.96. The predicted octanol–water partition coefficient (Wildman–Crippen LogP) is 19.3. The second kappa shape index (κ2) is 18.4. The van der Waals surface area contributed by atoms with Gasteiger partial charge in [0.2, 0.25) is 0 Å². The zero-order valence-corrected chi connectivity index (χ0v) is 38.7. The third-order valence-electron chi connectivity index (χ3n) is 13.6. The van der Waals surface area contributed by atoms with Gasteiger partial charge in [-0.3, -0.25) is 0 Å². The molecule has 0 saturated heterocycles. The van der Waals surface area contributed by atoms with E-state index in [0.717, 1.165) is 10.8 Å². The third kappa shape index (κ3) is 8.20. The van der Waals surface area contributed by atoms with Crippen molar-refractivity contribution in [3.8, 4) is 44.5 Å². The molecule has 12 aromatic rings. The van der Waals surface area contributed by atoms with Crippen LogP contribution in [0.15, 0.2) is 218 Å². The van der Waals surface area contributed by atoms with E-state index in [0.29, 0.717) is 77.4 Å². The predicted molar refractivity (Wildman–Crippen MR) is 281 cm³/mol. The van der Waals surface area contributed by atoms with Crippen LogP contribution in [-0.4, -0.2) is 0 Å². The molecule has 0 saturated carbocycles. The molecule has 0 unspecified atom stereocenters. The summed E-state index contributed by atoms with van der Waals surface area (Å²) in [5.74, 6) is -4.59. The molecule has 0 N–H and O–H groups in total. The van der Waals surface area contributed by atoms with Gasteiger partial charge in [-0.15, -0.1) is 0 Å². The SMILES string of the molecule is Fc1ccc(-c2ccc(F)c(N(c3cc(-c4ccc(F)cc4)ccc3F)c3ccc4ccc5c(N(c6cc(-c7ccc(F)cc7)ccc6F)c6cc(-c7ccc(F)cc7)ccc6F)ccc6ccc3c4c65)c2)cc1. The molecule has 74 heavy (non-hydrogen) atoms. The van der Waals surface area contributed by atoms with Crippen molar-refractivity contribution < 1.29 is 35.1 Å². The Morgan fingerprint density at radius 1 is 0.203 bits per heavy atom. The number of hydrogen-bond donors (Lipinski definition) is 0. The molecule has 0 aliphatic carbocycles. The van der Waals surface area contributed by atoms with Gasteiger partial charge in [-0.05, 0) is 175 Å². The van der Waals surface area contributed by atoms with Crippen molar-refractivity contribution in [1.82, 2.24) is 0 Å². The van der Waals surface area contributed by atoms with Gasteiger partial charge in [0, 0.05) is 10.8 Å². The van der Waals surface area contributed by atoms with E-state index in [4.69, 9.17) is 0 Å². The Kier molecular flexibility index (Phi) is 11.4. The number of anilines is 6. The molecule has 0 aromatic heterocycles. The van der Waals surface area contributed by atoms with Crippen LogP contribution in [0.5, 0.6) is 0 Å². The van der Waals surface area contributed by atoms with Crippen molar-refractivity contribution >= 4 is 66.4 Å². The van der Waals surface area contributed by atoms with Crippen LogP contribution >= 0.6 is 0 Å². The van der Waals surface area contributed by atoms with Gasteiger partial charge in [-0.1, -0.05) is 109 Å². The Bertz CT molecular complexity index is 3650. The molecule has 0 bridgehead atoms. The van der Waals surface area contributed by atoms with Gasteiger partial charge in [0.25, 0.3) is 0 Å². The average molecular weight is 985 g/mol. The van der Waals surface area contributed by atoms with Crippen molar-refractivity contribution in [3.63, 3.8) is 0 Å². The Hall–Kier alpha value is -9.28. The van der Waals surface area contributed by atoms with Gasteiger partial charge in [0.1, 0.15) is 46.5 Å². The van der Waals surface area contributed by atoms with E-state index in [1.54, 1.807) is 109 Å². The maximum atomic E-state index is 16.8. The summed E-state index contributed by atoms with van der Waals surface area (Å²) in [6.07, 6.45) is 0. The summed E-state index contributed by atoms with van der Waals surface area (Å²) in [7, 11) is 0. The molecule has 0 radical (unpaired) electrons. The number of hydrogen-bond acceptors (Lipinski definition) is 2. The molecule has 0 atom stereocenters. The summed E-state index contributed by atoms with van der Waals surface area (Å²) in [6, 6.07) is 55.3. The highest BCUT2D eigenvalue weighted by Gasteiger charge is 2.28. The van der Waals surface area contributed by atoms with E-state index in [1.165, 1.54) is 82.6 Å². The molecule has 0 heterocycles. The highest BCUT2D eigenvalue weighted by Crippen LogP contribution is 2.50. The Morgan fingerprint density at radius 2 is 0.432 bits per heavy atom. The van der Waals surface area contributed by atoms with Crippen molar-refractivity contribution in [3.05, 3.63) is 265 Å². The summed E-state index contributed by atoms with van der Waals surface area (Å²) >= 11 is 0. The van der Waals surface area contributed by atoms with Crippen LogP contribution in [0.25, 0.3) is 76.8 Å². The smallest absolute Gasteiger partial charge is 0.147 e. The molecule has 10 heteroatoms. The minimum atomic E-state index is -0.694. The molecule has 358 valence electrons. The Labute approximate surface area is 419 Å². The lowest BCUT2D eigenvalue weighted by Gasteiger charge is -2.30. The van der Waals surface area contributed by atoms with E-state index in [1.807, 2.05) is 36.4 Å². The number of benzene rings is 12. The van der Waals surface area contributed by atoms with Gasteiger partial charge in [0.15, 0.2) is 0 Å². The molecule has 12 rings (SSSR count). The highest BCUT2D eigenvalue weighted by atomic mass is 19.2. The van der Waals surface area contributed by atoms with Gasteiger partial charge < -0.3 is 9.80 Å². The maximum Gasteiger partial charge on any atom is 0.147 e. The second-order valence-corrected chi connectivity index (χ2v) is 18.0. The molecule has 0 aliphatic heterocycles. The Morgan fingerprint density at radius 3 is 0.689 bits per heavy atom. The van der Waals surface area contributed by atoms with Crippen LogP contribution in [0, 0.1) is 46.5 Å². The summed E-state index contributed by atoms with van der Waals surface area (Å²) in [5, 5.41) is 3.99. The quantitative estimate of drug-likeness (QED) is 0.0995. The zero-order chi connectivity index (χ0) is 50.8. The lowest BCUT2D eigenvalue weighted by molar-refractivity contribution is 0.619. The fourth-order valence-corrected chi connectivity index (χ4v) is 9.96. The fraction of sp³-hybridized carbons (Fsp3) is 0. The van der Waals surface area contributed by atoms with Crippen LogP contribution < -0.4 is 9.80 Å². The summed E-state index contributed by atoms with van der Waals surface area (Å²) in [4.78, 5) is 2.99. The molecule has 0 spiro atoms. The summed E-state index contributed by atoms with van der Waals surface area (Å²) in [6.45, 7) is 0. The van der Waals surface area contributed by atoms with Crippen molar-refractivity contribution in [2.45, 2.75) is 0 Å². The van der Waals surface area contributed by atoms with Crippen LogP contribution in [0.1, 0.15) is 0 Å². The number of rotatable bonds is 10. The Balaban J connectivity index is 1.11. The first-order chi connectivity index (χ1) is 35.9. The third-order valence-corrected chi connectivity index (χ3v) is 13.6. The van der Waals surface area contributed by atoms with E-state index in [9.17, 15) is 17.6 Å². The van der Waals surface area contributed by atoms with Gasteiger partial charge in [0.05, 0.1) is 34.1 Å². The van der Waals surface area contributed by atoms with Crippen LogP contribution in [-0.2, 0) is 0 Å². The molecule has 12 aromatic carbocycles. The molecule has 2 nitrogen and oxygen atoms in total.